The standard InChI is InChI=1S/C30H36ClN3O7S/c1-7-32-30(36)21(3)33(18-22-10-8-9-20(2)15-22)29(35)19-34(25-16-23(31)11-13-26(25)39-4)42(37,38)24-12-14-27(40-5)28(17-24)41-6/h8-17,21H,7,18-19H2,1-6H3,(H,32,36)/t21-/m0/s1. The summed E-state index contributed by atoms with van der Waals surface area (Å²) in [5.74, 6) is -0.277. The van der Waals surface area contributed by atoms with Gasteiger partial charge in [0, 0.05) is 24.2 Å². The Morgan fingerprint density at radius 1 is 0.929 bits per heavy atom. The van der Waals surface area contributed by atoms with Gasteiger partial charge < -0.3 is 24.4 Å². The molecule has 1 N–H and O–H groups in total. The van der Waals surface area contributed by atoms with Crippen LogP contribution in [0.25, 0.3) is 0 Å². The van der Waals surface area contributed by atoms with Crippen molar-refractivity contribution in [1.82, 2.24) is 10.2 Å². The van der Waals surface area contributed by atoms with Crippen LogP contribution >= 0.6 is 11.6 Å². The molecule has 3 aromatic carbocycles. The van der Waals surface area contributed by atoms with E-state index in [1.165, 1.54) is 56.6 Å². The van der Waals surface area contributed by atoms with Gasteiger partial charge in [-0.1, -0.05) is 41.4 Å². The molecule has 42 heavy (non-hydrogen) atoms. The third-order valence-electron chi connectivity index (χ3n) is 6.59. The van der Waals surface area contributed by atoms with Crippen molar-refractivity contribution >= 4 is 39.1 Å². The number of hydrogen-bond acceptors (Lipinski definition) is 7. The Hall–Kier alpha value is -3.96. The number of likely N-dealkylation sites (N-methyl/N-ethyl adjacent to an activating group) is 1. The second-order valence-corrected chi connectivity index (χ2v) is 11.7. The summed E-state index contributed by atoms with van der Waals surface area (Å²) in [5.41, 5.74) is 1.82. The van der Waals surface area contributed by atoms with E-state index in [4.69, 9.17) is 25.8 Å². The summed E-state index contributed by atoms with van der Waals surface area (Å²) in [6.07, 6.45) is 0. The molecule has 0 fully saturated rings. The average Bonchev–Trinajstić information content (AvgIpc) is 2.97. The first-order valence-corrected chi connectivity index (χ1v) is 15.0. The van der Waals surface area contributed by atoms with Gasteiger partial charge in [0.2, 0.25) is 11.8 Å². The van der Waals surface area contributed by atoms with E-state index in [-0.39, 0.29) is 39.6 Å². The highest BCUT2D eigenvalue weighted by molar-refractivity contribution is 7.92. The van der Waals surface area contributed by atoms with Gasteiger partial charge in [-0.2, -0.15) is 0 Å². The zero-order valence-electron chi connectivity index (χ0n) is 24.5. The molecular formula is C30H36ClN3O7S. The summed E-state index contributed by atoms with van der Waals surface area (Å²) < 4.78 is 45.4. The summed E-state index contributed by atoms with van der Waals surface area (Å²) in [4.78, 5) is 28.2. The van der Waals surface area contributed by atoms with Crippen LogP contribution in [0.15, 0.2) is 65.6 Å². The average molecular weight is 618 g/mol. The Morgan fingerprint density at radius 3 is 2.21 bits per heavy atom. The topological polar surface area (TPSA) is 114 Å². The van der Waals surface area contributed by atoms with Gasteiger partial charge in [-0.3, -0.25) is 13.9 Å². The van der Waals surface area contributed by atoms with Crippen LogP contribution in [0.3, 0.4) is 0 Å². The van der Waals surface area contributed by atoms with Crippen LogP contribution in [0.5, 0.6) is 17.2 Å². The van der Waals surface area contributed by atoms with Crippen LogP contribution < -0.4 is 23.8 Å². The van der Waals surface area contributed by atoms with E-state index in [2.05, 4.69) is 5.32 Å². The molecule has 0 heterocycles. The molecule has 10 nitrogen and oxygen atoms in total. The predicted octanol–water partition coefficient (Wildman–Crippen LogP) is 4.42. The second kappa shape index (κ2) is 14.3. The summed E-state index contributed by atoms with van der Waals surface area (Å²) in [5, 5.41) is 2.97. The van der Waals surface area contributed by atoms with Gasteiger partial charge in [0.05, 0.1) is 31.9 Å². The van der Waals surface area contributed by atoms with Crippen LogP contribution in [-0.4, -0.2) is 65.6 Å². The maximum absolute atomic E-state index is 14.2. The van der Waals surface area contributed by atoms with E-state index in [1.54, 1.807) is 19.9 Å². The molecule has 0 unspecified atom stereocenters. The molecule has 0 saturated carbocycles. The molecule has 226 valence electrons. The Balaban J connectivity index is 2.15. The highest BCUT2D eigenvalue weighted by atomic mass is 35.5. The molecule has 0 spiro atoms. The van der Waals surface area contributed by atoms with Gasteiger partial charge in [-0.05, 0) is 56.7 Å². The van der Waals surface area contributed by atoms with Gasteiger partial charge in [-0.15, -0.1) is 0 Å². The maximum Gasteiger partial charge on any atom is 0.265 e. The molecule has 0 aromatic heterocycles. The number of benzene rings is 3. The summed E-state index contributed by atoms with van der Waals surface area (Å²) >= 11 is 6.29. The fourth-order valence-electron chi connectivity index (χ4n) is 4.39. The minimum absolute atomic E-state index is 0.0503. The lowest BCUT2D eigenvalue weighted by atomic mass is 10.1. The number of anilines is 1. The van der Waals surface area contributed by atoms with Crippen molar-refractivity contribution in [2.45, 2.75) is 38.3 Å². The molecule has 0 aliphatic carbocycles. The number of amides is 2. The molecule has 1 atom stereocenters. The van der Waals surface area contributed by atoms with E-state index in [9.17, 15) is 18.0 Å². The van der Waals surface area contributed by atoms with E-state index >= 15 is 0 Å². The van der Waals surface area contributed by atoms with Crippen molar-refractivity contribution in [1.29, 1.82) is 0 Å². The first-order valence-electron chi connectivity index (χ1n) is 13.2. The molecule has 0 saturated heterocycles. The lowest BCUT2D eigenvalue weighted by Crippen LogP contribution is -2.51. The summed E-state index contributed by atoms with van der Waals surface area (Å²) in [6.45, 7) is 5.10. The van der Waals surface area contributed by atoms with Crippen LogP contribution in [0.1, 0.15) is 25.0 Å². The molecule has 0 radical (unpaired) electrons. The van der Waals surface area contributed by atoms with Crippen molar-refractivity contribution in [2.75, 3.05) is 38.7 Å². The number of nitrogens with one attached hydrogen (secondary N) is 1. The van der Waals surface area contributed by atoms with E-state index in [1.807, 2.05) is 31.2 Å². The number of aryl methyl sites for hydroxylation is 1. The van der Waals surface area contributed by atoms with Crippen molar-refractivity contribution in [3.05, 3.63) is 76.8 Å². The number of halogens is 1. The monoisotopic (exact) mass is 617 g/mol. The highest BCUT2D eigenvalue weighted by Crippen LogP contribution is 2.37. The Bertz CT molecular complexity index is 1530. The molecule has 3 aromatic rings. The van der Waals surface area contributed by atoms with Crippen molar-refractivity contribution in [3.8, 4) is 17.2 Å². The molecule has 3 rings (SSSR count). The number of carbonyl (C=O) groups excluding carboxylic acids is 2. The molecule has 2 amide bonds. The van der Waals surface area contributed by atoms with Crippen LogP contribution in [0, 0.1) is 6.92 Å². The largest absolute Gasteiger partial charge is 0.495 e. The molecule has 0 bridgehead atoms. The third kappa shape index (κ3) is 7.46. The fourth-order valence-corrected chi connectivity index (χ4v) is 5.99. The highest BCUT2D eigenvalue weighted by Gasteiger charge is 2.34. The lowest BCUT2D eigenvalue weighted by molar-refractivity contribution is -0.139. The van der Waals surface area contributed by atoms with Crippen molar-refractivity contribution in [2.24, 2.45) is 0 Å². The lowest BCUT2D eigenvalue weighted by Gasteiger charge is -2.32. The zero-order chi connectivity index (χ0) is 31.0. The number of carbonyl (C=O) groups is 2. The second-order valence-electron chi connectivity index (χ2n) is 9.43. The van der Waals surface area contributed by atoms with Crippen molar-refractivity contribution < 1.29 is 32.2 Å². The van der Waals surface area contributed by atoms with Gasteiger partial charge >= 0.3 is 0 Å². The number of hydrogen-bond donors (Lipinski definition) is 1. The zero-order valence-corrected chi connectivity index (χ0v) is 26.1. The summed E-state index contributed by atoms with van der Waals surface area (Å²) in [7, 11) is -0.201. The molecule has 0 aliphatic rings. The first-order chi connectivity index (χ1) is 20.0. The van der Waals surface area contributed by atoms with E-state index < -0.39 is 28.5 Å². The van der Waals surface area contributed by atoms with Gasteiger partial charge in [0.1, 0.15) is 18.3 Å². The van der Waals surface area contributed by atoms with Crippen LogP contribution in [0.4, 0.5) is 5.69 Å². The van der Waals surface area contributed by atoms with E-state index in [0.717, 1.165) is 15.4 Å². The van der Waals surface area contributed by atoms with Crippen molar-refractivity contribution in [3.63, 3.8) is 0 Å². The first kappa shape index (κ1) is 32.6. The Kier molecular flexibility index (Phi) is 11.1. The minimum Gasteiger partial charge on any atom is -0.495 e. The number of nitrogens with zero attached hydrogens (tertiary/aromatic N) is 2. The quantitative estimate of drug-likeness (QED) is 0.302. The fraction of sp³-hybridized carbons (Fsp3) is 0.333. The Morgan fingerprint density at radius 2 is 1.60 bits per heavy atom. The number of sulfonamides is 1. The number of rotatable bonds is 13. The molecular weight excluding hydrogens is 582 g/mol. The van der Waals surface area contributed by atoms with Crippen LogP contribution in [-0.2, 0) is 26.2 Å². The molecule has 12 heteroatoms. The number of methoxy groups -OCH3 is 3. The molecule has 0 aliphatic heterocycles. The SMILES string of the molecule is CCNC(=O)[C@H](C)N(Cc1cccc(C)c1)C(=O)CN(c1cc(Cl)ccc1OC)S(=O)(=O)c1ccc(OC)c(OC)c1. The number of ether oxygens (including phenoxy) is 3. The smallest absolute Gasteiger partial charge is 0.265 e. The van der Waals surface area contributed by atoms with Gasteiger partial charge in [0.15, 0.2) is 11.5 Å². The Labute approximate surface area is 252 Å². The predicted molar refractivity (Wildman–Crippen MR) is 162 cm³/mol. The normalized spacial score (nSPS) is 11.8. The van der Waals surface area contributed by atoms with Gasteiger partial charge in [0.25, 0.3) is 10.0 Å². The minimum atomic E-state index is -4.41. The van der Waals surface area contributed by atoms with Crippen LogP contribution in [0.2, 0.25) is 5.02 Å². The third-order valence-corrected chi connectivity index (χ3v) is 8.58. The van der Waals surface area contributed by atoms with Gasteiger partial charge in [-0.25, -0.2) is 8.42 Å². The maximum atomic E-state index is 14.2. The van der Waals surface area contributed by atoms with E-state index in [0.29, 0.717) is 12.3 Å². The summed E-state index contributed by atoms with van der Waals surface area (Å²) in [6, 6.07) is 15.2.